The number of nitrogens with zero attached hydrogens (tertiary/aromatic N) is 1. The van der Waals surface area contributed by atoms with E-state index in [1.165, 1.54) is 0 Å². The Morgan fingerprint density at radius 3 is 2.27 bits per heavy atom. The number of benzene rings is 1. The van der Waals surface area contributed by atoms with E-state index >= 15 is 0 Å². The largest absolute Gasteiger partial charge is 0.389 e. The van der Waals surface area contributed by atoms with Crippen molar-refractivity contribution in [3.8, 4) is 0 Å². The second kappa shape index (κ2) is 7.58. The van der Waals surface area contributed by atoms with Crippen LogP contribution in [0.1, 0.15) is 24.4 Å². The molecule has 0 spiro atoms. The number of rotatable bonds is 4. The molecule has 0 bridgehead atoms. The van der Waals surface area contributed by atoms with Gasteiger partial charge in [-0.15, -0.1) is 0 Å². The maximum Gasteiger partial charge on any atom is 0.389 e. The average molecular weight is 376 g/mol. The molecule has 22 heavy (non-hydrogen) atoms. The lowest BCUT2D eigenvalue weighted by Crippen LogP contribution is -2.45. The van der Waals surface area contributed by atoms with Gasteiger partial charge in [0.1, 0.15) is 0 Å². The van der Waals surface area contributed by atoms with E-state index in [0.717, 1.165) is 13.1 Å². The first-order valence-corrected chi connectivity index (χ1v) is 8.08. The van der Waals surface area contributed by atoms with Crippen molar-refractivity contribution in [2.24, 2.45) is 0 Å². The van der Waals surface area contributed by atoms with E-state index in [4.69, 9.17) is 34.8 Å². The van der Waals surface area contributed by atoms with Gasteiger partial charge in [-0.3, -0.25) is 4.90 Å². The highest BCUT2D eigenvalue weighted by Gasteiger charge is 2.33. The summed E-state index contributed by atoms with van der Waals surface area (Å²) in [4.78, 5) is 1.98. The Morgan fingerprint density at radius 1 is 1.09 bits per heavy atom. The van der Waals surface area contributed by atoms with Gasteiger partial charge in [0.15, 0.2) is 0 Å². The van der Waals surface area contributed by atoms with Gasteiger partial charge in [-0.2, -0.15) is 13.2 Å². The minimum atomic E-state index is -4.22. The number of hydrogen-bond acceptors (Lipinski definition) is 2. The second-order valence-electron chi connectivity index (χ2n) is 5.21. The van der Waals surface area contributed by atoms with Gasteiger partial charge in [-0.1, -0.05) is 34.8 Å². The summed E-state index contributed by atoms with van der Waals surface area (Å²) in [6.45, 7) is 2.72. The van der Waals surface area contributed by atoms with Crippen LogP contribution in [0.5, 0.6) is 0 Å². The normalized spacial score (nSPS) is 18.5. The monoisotopic (exact) mass is 374 g/mol. The molecule has 2 rings (SSSR count). The van der Waals surface area contributed by atoms with Crippen molar-refractivity contribution in [1.29, 1.82) is 0 Å². The van der Waals surface area contributed by atoms with E-state index < -0.39 is 18.6 Å². The molecule has 0 aromatic heterocycles. The zero-order valence-corrected chi connectivity index (χ0v) is 14.0. The molecule has 0 unspecified atom stereocenters. The molecule has 1 fully saturated rings. The number of piperazine rings is 1. The van der Waals surface area contributed by atoms with Gasteiger partial charge >= 0.3 is 6.18 Å². The third-order valence-corrected chi connectivity index (χ3v) is 4.85. The molecule has 124 valence electrons. The molecule has 0 aliphatic carbocycles. The molecule has 0 amide bonds. The fourth-order valence-corrected chi connectivity index (χ4v) is 3.44. The highest BCUT2D eigenvalue weighted by molar-refractivity contribution is 6.44. The number of hydrogen-bond donors (Lipinski definition) is 1. The highest BCUT2D eigenvalue weighted by Crippen LogP contribution is 2.41. The van der Waals surface area contributed by atoms with Crippen molar-refractivity contribution in [3.63, 3.8) is 0 Å². The first-order valence-electron chi connectivity index (χ1n) is 6.94. The summed E-state index contributed by atoms with van der Waals surface area (Å²) in [7, 11) is 0. The zero-order chi connectivity index (χ0) is 16.3. The van der Waals surface area contributed by atoms with Crippen molar-refractivity contribution >= 4 is 34.8 Å². The zero-order valence-electron chi connectivity index (χ0n) is 11.7. The molecule has 1 aromatic carbocycles. The van der Waals surface area contributed by atoms with Crippen LogP contribution in [0.4, 0.5) is 13.2 Å². The summed E-state index contributed by atoms with van der Waals surface area (Å²) in [5.74, 6) is 0. The molecule has 1 heterocycles. The Hall–Kier alpha value is -0.200. The molecule has 1 aliphatic heterocycles. The Morgan fingerprint density at radius 2 is 1.68 bits per heavy atom. The van der Waals surface area contributed by atoms with Gasteiger partial charge in [0.2, 0.25) is 0 Å². The summed E-state index contributed by atoms with van der Waals surface area (Å²) in [5.41, 5.74) is 0.488. The van der Waals surface area contributed by atoms with Crippen molar-refractivity contribution in [2.75, 3.05) is 26.2 Å². The lowest BCUT2D eigenvalue weighted by Gasteiger charge is -2.36. The van der Waals surface area contributed by atoms with Crippen LogP contribution in [0.3, 0.4) is 0 Å². The van der Waals surface area contributed by atoms with Gasteiger partial charge < -0.3 is 5.32 Å². The van der Waals surface area contributed by atoms with Gasteiger partial charge in [0, 0.05) is 49.2 Å². The predicted octanol–water partition coefficient (Wildman–Crippen LogP) is 4.94. The predicted molar refractivity (Wildman–Crippen MR) is 83.9 cm³/mol. The highest BCUT2D eigenvalue weighted by atomic mass is 35.5. The fraction of sp³-hybridized carbons (Fsp3) is 0.571. The summed E-state index contributed by atoms with van der Waals surface area (Å²) in [5, 5.41) is 4.06. The van der Waals surface area contributed by atoms with Crippen molar-refractivity contribution in [1.82, 2.24) is 10.2 Å². The molecule has 1 aromatic rings. The van der Waals surface area contributed by atoms with Gasteiger partial charge in [-0.05, 0) is 18.6 Å². The quantitative estimate of drug-likeness (QED) is 0.750. The fourth-order valence-electron chi connectivity index (χ4n) is 2.65. The second-order valence-corrected chi connectivity index (χ2v) is 6.40. The summed E-state index contributed by atoms with van der Waals surface area (Å²) < 4.78 is 38.0. The van der Waals surface area contributed by atoms with Crippen molar-refractivity contribution < 1.29 is 13.2 Å². The molecule has 8 heteroatoms. The maximum atomic E-state index is 12.7. The molecule has 1 aliphatic rings. The standard InChI is InChI=1S/C14H16Cl3F3N2/c15-9-1-2-10(16)13(17)12(9)11(3-4-14(18,19)20)22-7-5-21-6-8-22/h1-2,11,21H,3-8H2/t11-/m1/s1. The Balaban J connectivity index is 2.32. The summed E-state index contributed by atoms with van der Waals surface area (Å²) >= 11 is 18.4. The first-order chi connectivity index (χ1) is 10.3. The van der Waals surface area contributed by atoms with Gasteiger partial charge in [0.25, 0.3) is 0 Å². The van der Waals surface area contributed by atoms with Crippen LogP contribution >= 0.6 is 34.8 Å². The Bertz CT molecular complexity index is 517. The average Bonchev–Trinajstić information content (AvgIpc) is 2.46. The van der Waals surface area contributed by atoms with Crippen LogP contribution in [-0.2, 0) is 0 Å². The molecule has 0 radical (unpaired) electrons. The number of alkyl halides is 3. The van der Waals surface area contributed by atoms with Crippen molar-refractivity contribution in [2.45, 2.75) is 25.1 Å². The number of nitrogens with one attached hydrogen (secondary N) is 1. The molecular formula is C14H16Cl3F3N2. The van der Waals surface area contributed by atoms with Crippen LogP contribution in [0, 0.1) is 0 Å². The third kappa shape index (κ3) is 4.65. The Kier molecular flexibility index (Phi) is 6.25. The van der Waals surface area contributed by atoms with E-state index in [0.29, 0.717) is 28.7 Å². The van der Waals surface area contributed by atoms with E-state index in [9.17, 15) is 13.2 Å². The summed E-state index contributed by atoms with van der Waals surface area (Å²) in [6.07, 6.45) is -5.20. The van der Waals surface area contributed by atoms with Crippen molar-refractivity contribution in [3.05, 3.63) is 32.8 Å². The first kappa shape index (κ1) is 18.1. The SMILES string of the molecule is FC(F)(F)CC[C@H](c1c(Cl)ccc(Cl)c1Cl)N1CCNCC1. The van der Waals surface area contributed by atoms with Crippen LogP contribution in [0.2, 0.25) is 15.1 Å². The van der Waals surface area contributed by atoms with Gasteiger partial charge in [0.05, 0.1) is 10.0 Å². The van der Waals surface area contributed by atoms with E-state index in [1.54, 1.807) is 12.1 Å². The topological polar surface area (TPSA) is 15.3 Å². The van der Waals surface area contributed by atoms with E-state index in [2.05, 4.69) is 5.32 Å². The molecular weight excluding hydrogens is 360 g/mol. The van der Waals surface area contributed by atoms with Crippen LogP contribution in [0.25, 0.3) is 0 Å². The minimum absolute atomic E-state index is 0.0940. The third-order valence-electron chi connectivity index (χ3n) is 3.71. The molecule has 1 atom stereocenters. The Labute approximate surface area is 142 Å². The number of halogens is 6. The minimum Gasteiger partial charge on any atom is -0.314 e. The van der Waals surface area contributed by atoms with Gasteiger partial charge in [-0.25, -0.2) is 0 Å². The van der Waals surface area contributed by atoms with E-state index in [1.807, 2.05) is 4.90 Å². The maximum absolute atomic E-state index is 12.7. The molecule has 2 nitrogen and oxygen atoms in total. The molecule has 1 saturated heterocycles. The van der Waals surface area contributed by atoms with Crippen LogP contribution < -0.4 is 5.32 Å². The lowest BCUT2D eigenvalue weighted by atomic mass is 9.99. The molecule has 0 saturated carbocycles. The van der Waals surface area contributed by atoms with Crippen LogP contribution in [-0.4, -0.2) is 37.3 Å². The van der Waals surface area contributed by atoms with E-state index in [-0.39, 0.29) is 11.4 Å². The lowest BCUT2D eigenvalue weighted by molar-refractivity contribution is -0.138. The molecule has 1 N–H and O–H groups in total. The smallest absolute Gasteiger partial charge is 0.314 e. The van der Waals surface area contributed by atoms with Crippen LogP contribution in [0.15, 0.2) is 12.1 Å². The summed E-state index contributed by atoms with van der Waals surface area (Å²) in [6, 6.07) is 2.63.